The zero-order valence-corrected chi connectivity index (χ0v) is 15.6. The van der Waals surface area contributed by atoms with E-state index in [0.717, 1.165) is 38.5 Å². The van der Waals surface area contributed by atoms with Gasteiger partial charge in [0.1, 0.15) is 10.6 Å². The van der Waals surface area contributed by atoms with Gasteiger partial charge in [-0.25, -0.2) is 17.9 Å². The number of nitrogens with one attached hydrogen (secondary N) is 2. The molecule has 136 valence electrons. The predicted molar refractivity (Wildman–Crippen MR) is 92.7 cm³/mol. The van der Waals surface area contributed by atoms with Crippen LogP contribution in [-0.4, -0.2) is 32.0 Å². The first-order valence-electron chi connectivity index (χ1n) is 8.75. The molecule has 1 aromatic rings. The van der Waals surface area contributed by atoms with Crippen LogP contribution in [0.25, 0.3) is 0 Å². The standard InChI is InChI=1S/C17H28N2O4S/c1-4-23-17(20)15-12(2)16(13(3)18-15)24(21,22)19-14-10-8-6-5-7-9-11-14/h14,18-19H,4-11H2,1-3H3. The molecule has 1 saturated carbocycles. The van der Waals surface area contributed by atoms with Crippen molar-refractivity contribution < 1.29 is 17.9 Å². The number of H-pyrrole nitrogens is 1. The van der Waals surface area contributed by atoms with Gasteiger partial charge >= 0.3 is 5.97 Å². The molecule has 0 unspecified atom stereocenters. The van der Waals surface area contributed by atoms with E-state index in [4.69, 9.17) is 4.74 Å². The number of aromatic amines is 1. The smallest absolute Gasteiger partial charge is 0.355 e. The van der Waals surface area contributed by atoms with Crippen LogP contribution in [0.5, 0.6) is 0 Å². The normalized spacial score (nSPS) is 17.3. The van der Waals surface area contributed by atoms with E-state index < -0.39 is 16.0 Å². The van der Waals surface area contributed by atoms with Crippen molar-refractivity contribution >= 4 is 16.0 Å². The molecule has 0 aromatic carbocycles. The van der Waals surface area contributed by atoms with Crippen LogP contribution in [0, 0.1) is 13.8 Å². The largest absolute Gasteiger partial charge is 0.461 e. The molecule has 0 amide bonds. The van der Waals surface area contributed by atoms with Crippen molar-refractivity contribution in [2.24, 2.45) is 0 Å². The van der Waals surface area contributed by atoms with E-state index in [2.05, 4.69) is 9.71 Å². The number of hydrogen-bond acceptors (Lipinski definition) is 4. The van der Waals surface area contributed by atoms with Gasteiger partial charge in [0.2, 0.25) is 10.0 Å². The minimum atomic E-state index is -3.67. The van der Waals surface area contributed by atoms with Gasteiger partial charge in [0, 0.05) is 17.3 Å². The number of hydrogen-bond donors (Lipinski definition) is 2. The first kappa shape index (κ1) is 19.0. The highest BCUT2D eigenvalue weighted by atomic mass is 32.2. The molecule has 0 atom stereocenters. The summed E-state index contributed by atoms with van der Waals surface area (Å²) in [5, 5.41) is 0. The van der Waals surface area contributed by atoms with Crippen molar-refractivity contribution in [2.75, 3.05) is 6.61 Å². The Hall–Kier alpha value is -1.34. The Bertz CT molecular complexity index is 671. The Kier molecular flexibility index (Phi) is 6.46. The van der Waals surface area contributed by atoms with Crippen LogP contribution in [0.1, 0.15) is 73.6 Å². The summed E-state index contributed by atoms with van der Waals surface area (Å²) in [7, 11) is -3.67. The van der Waals surface area contributed by atoms with E-state index in [0.29, 0.717) is 11.3 Å². The SMILES string of the molecule is CCOC(=O)c1[nH]c(C)c(S(=O)(=O)NC2CCCCCCC2)c1C. The fourth-order valence-electron chi connectivity index (χ4n) is 3.40. The van der Waals surface area contributed by atoms with Crippen LogP contribution >= 0.6 is 0 Å². The Balaban J connectivity index is 2.23. The van der Waals surface area contributed by atoms with E-state index >= 15 is 0 Å². The Morgan fingerprint density at radius 3 is 2.33 bits per heavy atom. The highest BCUT2D eigenvalue weighted by Crippen LogP contribution is 2.25. The maximum Gasteiger partial charge on any atom is 0.355 e. The van der Waals surface area contributed by atoms with Gasteiger partial charge in [-0.1, -0.05) is 32.1 Å². The van der Waals surface area contributed by atoms with Gasteiger partial charge in [0.15, 0.2) is 0 Å². The summed E-state index contributed by atoms with van der Waals surface area (Å²) in [6.45, 7) is 5.28. The third-order valence-electron chi connectivity index (χ3n) is 4.54. The van der Waals surface area contributed by atoms with Crippen LogP contribution in [-0.2, 0) is 14.8 Å². The third-order valence-corrected chi connectivity index (χ3v) is 6.34. The first-order valence-corrected chi connectivity index (χ1v) is 10.2. The maximum atomic E-state index is 12.9. The molecule has 1 aromatic heterocycles. The second-order valence-electron chi connectivity index (χ2n) is 6.46. The molecule has 2 N–H and O–H groups in total. The van der Waals surface area contributed by atoms with E-state index in [-0.39, 0.29) is 23.2 Å². The monoisotopic (exact) mass is 356 g/mol. The fourth-order valence-corrected chi connectivity index (χ4v) is 5.15. The zero-order chi connectivity index (χ0) is 17.7. The lowest BCUT2D eigenvalue weighted by Gasteiger charge is -2.21. The molecule has 1 heterocycles. The molecule has 1 aliphatic rings. The molecule has 7 heteroatoms. The summed E-state index contributed by atoms with van der Waals surface area (Å²) >= 11 is 0. The number of rotatable bonds is 5. The fraction of sp³-hybridized carbons (Fsp3) is 0.706. The molecule has 6 nitrogen and oxygen atoms in total. The molecular weight excluding hydrogens is 328 g/mol. The van der Waals surface area contributed by atoms with E-state index in [1.54, 1.807) is 20.8 Å². The van der Waals surface area contributed by atoms with E-state index in [1.807, 2.05) is 0 Å². The lowest BCUT2D eigenvalue weighted by Crippen LogP contribution is -2.35. The van der Waals surface area contributed by atoms with E-state index in [9.17, 15) is 13.2 Å². The van der Waals surface area contributed by atoms with Crippen LogP contribution in [0.2, 0.25) is 0 Å². The zero-order valence-electron chi connectivity index (χ0n) is 14.8. The molecule has 0 bridgehead atoms. The molecule has 0 aliphatic heterocycles. The molecule has 0 spiro atoms. The van der Waals surface area contributed by atoms with Gasteiger partial charge in [0.05, 0.1) is 6.61 Å². The molecule has 2 rings (SSSR count). The van der Waals surface area contributed by atoms with Gasteiger partial charge in [-0.2, -0.15) is 0 Å². The predicted octanol–water partition coefficient (Wildman–Crippen LogP) is 3.20. The van der Waals surface area contributed by atoms with Crippen molar-refractivity contribution in [1.82, 2.24) is 9.71 Å². The van der Waals surface area contributed by atoms with Gasteiger partial charge in [0.25, 0.3) is 0 Å². The Morgan fingerprint density at radius 2 is 1.75 bits per heavy atom. The highest BCUT2D eigenvalue weighted by molar-refractivity contribution is 7.89. The summed E-state index contributed by atoms with van der Waals surface area (Å²) in [4.78, 5) is 15.0. The minimum absolute atomic E-state index is 0.0324. The van der Waals surface area contributed by atoms with Gasteiger partial charge in [-0.15, -0.1) is 0 Å². The van der Waals surface area contributed by atoms with Gasteiger partial charge < -0.3 is 9.72 Å². The lowest BCUT2D eigenvalue weighted by atomic mass is 9.97. The number of ether oxygens (including phenoxy) is 1. The Morgan fingerprint density at radius 1 is 1.17 bits per heavy atom. The topological polar surface area (TPSA) is 88.3 Å². The van der Waals surface area contributed by atoms with Crippen molar-refractivity contribution in [3.8, 4) is 0 Å². The molecule has 1 fully saturated rings. The molecule has 0 saturated heterocycles. The summed E-state index contributed by atoms with van der Waals surface area (Å²) in [5.74, 6) is -0.523. The molecular formula is C17H28N2O4S. The number of aryl methyl sites for hydroxylation is 1. The highest BCUT2D eigenvalue weighted by Gasteiger charge is 2.29. The average molecular weight is 356 g/mol. The Labute approximate surface area is 144 Å². The number of carbonyl (C=O) groups is 1. The van der Waals surface area contributed by atoms with Crippen molar-refractivity contribution in [3.05, 3.63) is 17.0 Å². The lowest BCUT2D eigenvalue weighted by molar-refractivity contribution is 0.0519. The summed E-state index contributed by atoms with van der Waals surface area (Å²) in [5.41, 5.74) is 1.10. The second kappa shape index (κ2) is 8.16. The van der Waals surface area contributed by atoms with Gasteiger partial charge in [-0.05, 0) is 33.6 Å². The number of carbonyl (C=O) groups excluding carboxylic acids is 1. The van der Waals surface area contributed by atoms with Crippen molar-refractivity contribution in [2.45, 2.75) is 76.7 Å². The van der Waals surface area contributed by atoms with Gasteiger partial charge in [-0.3, -0.25) is 0 Å². The number of sulfonamides is 1. The quantitative estimate of drug-likeness (QED) is 0.793. The minimum Gasteiger partial charge on any atom is -0.461 e. The molecule has 1 aliphatic carbocycles. The van der Waals surface area contributed by atoms with Crippen LogP contribution < -0.4 is 4.72 Å². The summed E-state index contributed by atoms with van der Waals surface area (Å²) in [6.07, 6.45) is 7.39. The van der Waals surface area contributed by atoms with Crippen molar-refractivity contribution in [1.29, 1.82) is 0 Å². The molecule has 0 radical (unpaired) electrons. The first-order chi connectivity index (χ1) is 11.4. The van der Waals surface area contributed by atoms with Crippen LogP contribution in [0.4, 0.5) is 0 Å². The maximum absolute atomic E-state index is 12.9. The summed E-state index contributed by atoms with van der Waals surface area (Å²) < 4.78 is 33.5. The van der Waals surface area contributed by atoms with Crippen molar-refractivity contribution in [3.63, 3.8) is 0 Å². The average Bonchev–Trinajstić information content (AvgIpc) is 2.77. The van der Waals surface area contributed by atoms with E-state index in [1.165, 1.54) is 6.42 Å². The third kappa shape index (κ3) is 4.39. The summed E-state index contributed by atoms with van der Waals surface area (Å²) in [6, 6.07) is -0.0324. The second-order valence-corrected chi connectivity index (χ2v) is 8.11. The molecule has 24 heavy (non-hydrogen) atoms. The van der Waals surface area contributed by atoms with Crippen LogP contribution in [0.15, 0.2) is 4.90 Å². The number of esters is 1. The van der Waals surface area contributed by atoms with Crippen LogP contribution in [0.3, 0.4) is 0 Å². The number of aromatic nitrogens is 1.